The van der Waals surface area contributed by atoms with Gasteiger partial charge >= 0.3 is 0 Å². The largest absolute Gasteiger partial charge is 0.489 e. The Morgan fingerprint density at radius 1 is 1.11 bits per heavy atom. The number of aromatic nitrogens is 1. The minimum Gasteiger partial charge on any atom is -0.489 e. The summed E-state index contributed by atoms with van der Waals surface area (Å²) in [5, 5.41) is 6.42. The highest BCUT2D eigenvalue weighted by molar-refractivity contribution is 7.89. The first-order valence-electron chi connectivity index (χ1n) is 10.6. The zero-order valence-corrected chi connectivity index (χ0v) is 20.2. The number of ether oxygens (including phenoxy) is 1. The van der Waals surface area contributed by atoms with Crippen LogP contribution in [-0.2, 0) is 32.8 Å². The van der Waals surface area contributed by atoms with E-state index in [2.05, 4.69) is 15.5 Å². The fourth-order valence-corrected chi connectivity index (χ4v) is 4.07. The Balaban J connectivity index is 1.52. The number of nitrogens with one attached hydrogen (secondary N) is 1. The standard InChI is InChI=1S/C24H27N5O5S/c1-29(2)35(31,32)22-11-4-3-8-20(22)15-27-23(30)17-34-28-24(25)19-9-5-10-21(13-19)33-16-18-7-6-12-26-14-18/h3-14H,15-17H2,1-2H3,(H2,25,28)(H,27,30). The van der Waals surface area contributed by atoms with E-state index in [0.717, 1.165) is 9.87 Å². The average Bonchev–Trinajstić information content (AvgIpc) is 2.87. The zero-order chi connectivity index (χ0) is 25.3. The third-order valence-corrected chi connectivity index (χ3v) is 6.74. The van der Waals surface area contributed by atoms with Gasteiger partial charge in [0.25, 0.3) is 5.91 Å². The monoisotopic (exact) mass is 497 g/mol. The molecule has 10 nitrogen and oxygen atoms in total. The number of pyridine rings is 1. The van der Waals surface area contributed by atoms with E-state index < -0.39 is 15.9 Å². The van der Waals surface area contributed by atoms with Crippen LogP contribution in [0.25, 0.3) is 0 Å². The first-order valence-corrected chi connectivity index (χ1v) is 12.1. The minimum atomic E-state index is -3.64. The SMILES string of the molecule is CN(C)S(=O)(=O)c1ccccc1CNC(=O)CO/N=C(/N)c1cccc(OCc2cccnc2)c1. The third kappa shape index (κ3) is 7.26. The molecular formula is C24H27N5O5S. The molecule has 184 valence electrons. The molecule has 3 rings (SSSR count). The van der Waals surface area contributed by atoms with Gasteiger partial charge in [-0.05, 0) is 29.8 Å². The van der Waals surface area contributed by atoms with Crippen molar-refractivity contribution >= 4 is 21.8 Å². The lowest BCUT2D eigenvalue weighted by atomic mass is 10.2. The van der Waals surface area contributed by atoms with Gasteiger partial charge in [0.05, 0.1) is 4.90 Å². The van der Waals surface area contributed by atoms with Gasteiger partial charge in [-0.1, -0.05) is 41.6 Å². The van der Waals surface area contributed by atoms with E-state index in [9.17, 15) is 13.2 Å². The molecule has 1 heterocycles. The number of nitrogens with zero attached hydrogens (tertiary/aromatic N) is 3. The lowest BCUT2D eigenvalue weighted by Crippen LogP contribution is -2.29. The van der Waals surface area contributed by atoms with Gasteiger partial charge in [-0.25, -0.2) is 12.7 Å². The number of carbonyl (C=O) groups is 1. The smallest absolute Gasteiger partial charge is 0.261 e. The molecule has 0 spiro atoms. The molecule has 35 heavy (non-hydrogen) atoms. The van der Waals surface area contributed by atoms with Crippen LogP contribution < -0.4 is 15.8 Å². The molecule has 11 heteroatoms. The highest BCUT2D eigenvalue weighted by Gasteiger charge is 2.20. The summed E-state index contributed by atoms with van der Waals surface area (Å²) < 4.78 is 31.8. The number of amides is 1. The van der Waals surface area contributed by atoms with Gasteiger partial charge in [0, 0.05) is 44.2 Å². The summed E-state index contributed by atoms with van der Waals surface area (Å²) in [6, 6.07) is 17.2. The molecule has 0 aliphatic heterocycles. The topological polar surface area (TPSA) is 136 Å². The summed E-state index contributed by atoms with van der Waals surface area (Å²) in [5.74, 6) is 0.188. The minimum absolute atomic E-state index is 0.0148. The van der Waals surface area contributed by atoms with Crippen molar-refractivity contribution in [2.45, 2.75) is 18.0 Å². The molecule has 0 saturated carbocycles. The van der Waals surface area contributed by atoms with Crippen LogP contribution in [-0.4, -0.2) is 50.2 Å². The van der Waals surface area contributed by atoms with Crippen molar-refractivity contribution in [1.82, 2.24) is 14.6 Å². The summed E-state index contributed by atoms with van der Waals surface area (Å²) >= 11 is 0. The van der Waals surface area contributed by atoms with Crippen LogP contribution in [0.3, 0.4) is 0 Å². The fraction of sp³-hybridized carbons (Fsp3) is 0.208. The first-order chi connectivity index (χ1) is 16.8. The molecule has 1 amide bonds. The van der Waals surface area contributed by atoms with Gasteiger partial charge in [-0.2, -0.15) is 0 Å². The summed E-state index contributed by atoms with van der Waals surface area (Å²) in [6.45, 7) is -0.0224. The second-order valence-electron chi connectivity index (χ2n) is 7.60. The predicted octanol–water partition coefficient (Wildman–Crippen LogP) is 1.86. The van der Waals surface area contributed by atoms with E-state index in [-0.39, 0.29) is 23.9 Å². The molecule has 0 saturated heterocycles. The molecule has 0 aliphatic carbocycles. The molecule has 0 fully saturated rings. The van der Waals surface area contributed by atoms with E-state index in [1.54, 1.807) is 54.9 Å². The first kappa shape index (κ1) is 25.7. The maximum absolute atomic E-state index is 12.5. The van der Waals surface area contributed by atoms with Crippen LogP contribution in [0.1, 0.15) is 16.7 Å². The van der Waals surface area contributed by atoms with Crippen molar-refractivity contribution in [1.29, 1.82) is 0 Å². The van der Waals surface area contributed by atoms with Gasteiger partial charge in [0.15, 0.2) is 12.4 Å². The number of rotatable bonds is 11. The van der Waals surface area contributed by atoms with Gasteiger partial charge in [-0.15, -0.1) is 0 Å². The van der Waals surface area contributed by atoms with Crippen LogP contribution in [0.2, 0.25) is 0 Å². The molecule has 3 aromatic rings. The molecule has 0 aliphatic rings. The van der Waals surface area contributed by atoms with Gasteiger partial charge in [0.2, 0.25) is 10.0 Å². The van der Waals surface area contributed by atoms with Crippen molar-refractivity contribution in [3.63, 3.8) is 0 Å². The van der Waals surface area contributed by atoms with Gasteiger partial charge in [0.1, 0.15) is 12.4 Å². The molecule has 1 aromatic heterocycles. The number of sulfonamides is 1. The van der Waals surface area contributed by atoms with Crippen LogP contribution in [0.5, 0.6) is 5.75 Å². The molecule has 3 N–H and O–H groups in total. The van der Waals surface area contributed by atoms with Crippen molar-refractivity contribution in [3.05, 3.63) is 89.7 Å². The number of nitrogens with two attached hydrogens (primary N) is 1. The van der Waals surface area contributed by atoms with Crippen molar-refractivity contribution < 1.29 is 22.8 Å². The van der Waals surface area contributed by atoms with Crippen LogP contribution >= 0.6 is 0 Å². The molecular weight excluding hydrogens is 470 g/mol. The molecule has 0 radical (unpaired) electrons. The van der Waals surface area contributed by atoms with Gasteiger partial charge < -0.3 is 20.6 Å². The van der Waals surface area contributed by atoms with Crippen LogP contribution in [0.4, 0.5) is 0 Å². The molecule has 0 bridgehead atoms. The molecule has 0 unspecified atom stereocenters. The Morgan fingerprint density at radius 2 is 1.91 bits per heavy atom. The average molecular weight is 498 g/mol. The number of oxime groups is 1. The van der Waals surface area contributed by atoms with E-state index >= 15 is 0 Å². The normalized spacial score (nSPS) is 11.8. The Bertz CT molecular complexity index is 1280. The van der Waals surface area contributed by atoms with Crippen molar-refractivity contribution in [3.8, 4) is 5.75 Å². The second-order valence-corrected chi connectivity index (χ2v) is 9.72. The third-order valence-electron chi connectivity index (χ3n) is 4.82. The quantitative estimate of drug-likeness (QED) is 0.234. The summed E-state index contributed by atoms with van der Waals surface area (Å²) in [6.07, 6.45) is 3.41. The Morgan fingerprint density at radius 3 is 2.66 bits per heavy atom. The Kier molecular flexibility index (Phi) is 8.76. The maximum Gasteiger partial charge on any atom is 0.261 e. The summed E-state index contributed by atoms with van der Waals surface area (Å²) in [5.41, 5.74) is 7.93. The van der Waals surface area contributed by atoms with Crippen LogP contribution in [0, 0.1) is 0 Å². The molecule has 2 aromatic carbocycles. The summed E-state index contributed by atoms with van der Waals surface area (Å²) in [7, 11) is -0.743. The number of carbonyl (C=O) groups excluding carboxylic acids is 1. The highest BCUT2D eigenvalue weighted by atomic mass is 32.2. The highest BCUT2D eigenvalue weighted by Crippen LogP contribution is 2.18. The predicted molar refractivity (Wildman–Crippen MR) is 131 cm³/mol. The number of hydrogen-bond acceptors (Lipinski definition) is 7. The Labute approximate surface area is 204 Å². The molecule has 0 atom stereocenters. The number of benzene rings is 2. The lowest BCUT2D eigenvalue weighted by molar-refractivity contribution is -0.125. The van der Waals surface area contributed by atoms with Crippen molar-refractivity contribution in [2.24, 2.45) is 10.9 Å². The maximum atomic E-state index is 12.5. The Hall–Kier alpha value is -3.96. The second kappa shape index (κ2) is 12.0. The zero-order valence-electron chi connectivity index (χ0n) is 19.4. The number of amidine groups is 1. The van der Waals surface area contributed by atoms with E-state index in [0.29, 0.717) is 23.5 Å². The summed E-state index contributed by atoms with van der Waals surface area (Å²) in [4.78, 5) is 21.4. The van der Waals surface area contributed by atoms with Gasteiger partial charge in [-0.3, -0.25) is 9.78 Å². The fourth-order valence-electron chi connectivity index (χ4n) is 2.95. The van der Waals surface area contributed by atoms with E-state index in [1.165, 1.54) is 20.2 Å². The van der Waals surface area contributed by atoms with E-state index in [4.69, 9.17) is 15.3 Å². The number of hydrogen-bond donors (Lipinski definition) is 2. The van der Waals surface area contributed by atoms with E-state index in [1.807, 2.05) is 12.1 Å². The van der Waals surface area contributed by atoms with Crippen LogP contribution in [0.15, 0.2) is 83.1 Å². The lowest BCUT2D eigenvalue weighted by Gasteiger charge is -2.15. The van der Waals surface area contributed by atoms with Crippen molar-refractivity contribution in [2.75, 3.05) is 20.7 Å².